The summed E-state index contributed by atoms with van der Waals surface area (Å²) in [7, 11) is 1.74. The van der Waals surface area contributed by atoms with Gasteiger partial charge in [0, 0.05) is 7.11 Å². The van der Waals surface area contributed by atoms with Crippen molar-refractivity contribution in [3.63, 3.8) is 0 Å². The minimum absolute atomic E-state index is 0.0420. The number of allylic oxidation sites excluding steroid dienone is 2. The molecule has 0 aromatic heterocycles. The molecule has 0 bridgehead atoms. The third-order valence-corrected chi connectivity index (χ3v) is 2.57. The van der Waals surface area contributed by atoms with Gasteiger partial charge in [-0.05, 0) is 38.7 Å². The lowest BCUT2D eigenvalue weighted by Crippen LogP contribution is -2.25. The second kappa shape index (κ2) is 5.92. The number of hydrogen-bond donors (Lipinski definition) is 0. The molecule has 0 rings (SSSR count). The van der Waals surface area contributed by atoms with Crippen molar-refractivity contribution < 1.29 is 9.53 Å². The Hall–Kier alpha value is -0.630. The summed E-state index contributed by atoms with van der Waals surface area (Å²) in [5, 5.41) is 0. The molecule has 0 aliphatic rings. The average Bonchev–Trinajstić information content (AvgIpc) is 2.17. The van der Waals surface area contributed by atoms with E-state index < -0.39 is 0 Å². The van der Waals surface area contributed by atoms with Crippen LogP contribution in [0.3, 0.4) is 0 Å². The number of aldehydes is 1. The van der Waals surface area contributed by atoms with Crippen LogP contribution in [0, 0.1) is 0 Å². The number of ether oxygens (including phenoxy) is 1. The van der Waals surface area contributed by atoms with E-state index in [0.29, 0.717) is 0 Å². The van der Waals surface area contributed by atoms with Crippen LogP contribution in [0.2, 0.25) is 0 Å². The normalized spacial score (nSPS) is 16.8. The Labute approximate surface area is 81.0 Å². The molecule has 0 saturated heterocycles. The molecule has 13 heavy (non-hydrogen) atoms. The molecule has 0 aliphatic carbocycles. The van der Waals surface area contributed by atoms with E-state index in [1.165, 1.54) is 0 Å². The Balaban J connectivity index is 3.93. The first-order valence-corrected chi connectivity index (χ1v) is 4.75. The maximum absolute atomic E-state index is 10.3. The van der Waals surface area contributed by atoms with Crippen molar-refractivity contribution in [2.75, 3.05) is 7.11 Å². The molecule has 0 fully saturated rings. The number of rotatable bonds is 6. The monoisotopic (exact) mass is 184 g/mol. The van der Waals surface area contributed by atoms with Gasteiger partial charge in [0.1, 0.15) is 6.29 Å². The van der Waals surface area contributed by atoms with Crippen LogP contribution in [-0.2, 0) is 9.53 Å². The lowest BCUT2D eigenvalue weighted by Gasteiger charge is -2.25. The Bertz CT molecular complexity index is 179. The molecule has 1 unspecified atom stereocenters. The van der Waals surface area contributed by atoms with Gasteiger partial charge in [-0.3, -0.25) is 4.79 Å². The highest BCUT2D eigenvalue weighted by atomic mass is 16.5. The largest absolute Gasteiger partial charge is 0.379 e. The number of carbonyl (C=O) groups excluding carboxylic acids is 1. The Kier molecular flexibility index (Phi) is 5.63. The summed E-state index contributed by atoms with van der Waals surface area (Å²) >= 11 is 0. The lowest BCUT2D eigenvalue weighted by atomic mass is 9.96. The predicted octanol–water partition coefficient (Wildman–Crippen LogP) is 2.73. The van der Waals surface area contributed by atoms with Gasteiger partial charge in [-0.25, -0.2) is 0 Å². The number of carbonyl (C=O) groups is 1. The molecular weight excluding hydrogens is 164 g/mol. The van der Waals surface area contributed by atoms with Crippen molar-refractivity contribution in [2.24, 2.45) is 0 Å². The maximum atomic E-state index is 10.3. The third kappa shape index (κ3) is 4.83. The Morgan fingerprint density at radius 1 is 1.54 bits per heavy atom. The Morgan fingerprint density at radius 3 is 2.54 bits per heavy atom. The molecule has 0 aromatic carbocycles. The zero-order valence-electron chi connectivity index (χ0n) is 9.09. The highest BCUT2D eigenvalue weighted by Crippen LogP contribution is 2.20. The van der Waals surface area contributed by atoms with E-state index in [1.54, 1.807) is 7.11 Å². The van der Waals surface area contributed by atoms with E-state index in [2.05, 4.69) is 13.8 Å². The average molecular weight is 184 g/mol. The molecule has 76 valence electrons. The SMILES string of the molecule is CCC(C)(CC/C=C(\C)C=O)OC. The first-order chi connectivity index (χ1) is 6.08. The van der Waals surface area contributed by atoms with Crippen molar-refractivity contribution in [3.8, 4) is 0 Å². The second-order valence-corrected chi connectivity index (χ2v) is 3.61. The van der Waals surface area contributed by atoms with Crippen LogP contribution >= 0.6 is 0 Å². The smallest absolute Gasteiger partial charge is 0.145 e. The molecule has 0 aliphatic heterocycles. The fraction of sp³-hybridized carbons (Fsp3) is 0.727. The molecule has 2 nitrogen and oxygen atoms in total. The van der Waals surface area contributed by atoms with Crippen LogP contribution in [-0.4, -0.2) is 19.0 Å². The number of methoxy groups -OCH3 is 1. The first-order valence-electron chi connectivity index (χ1n) is 4.75. The summed E-state index contributed by atoms with van der Waals surface area (Å²) in [6.07, 6.45) is 5.71. The molecule has 0 saturated carbocycles. The lowest BCUT2D eigenvalue weighted by molar-refractivity contribution is -0.104. The third-order valence-electron chi connectivity index (χ3n) is 2.57. The van der Waals surface area contributed by atoms with Gasteiger partial charge < -0.3 is 4.74 Å². The Morgan fingerprint density at radius 2 is 2.15 bits per heavy atom. The van der Waals surface area contributed by atoms with E-state index >= 15 is 0 Å². The van der Waals surface area contributed by atoms with Crippen LogP contribution in [0.5, 0.6) is 0 Å². The van der Waals surface area contributed by atoms with Crippen molar-refractivity contribution in [1.82, 2.24) is 0 Å². The van der Waals surface area contributed by atoms with Crippen LogP contribution in [0.15, 0.2) is 11.6 Å². The van der Waals surface area contributed by atoms with Gasteiger partial charge >= 0.3 is 0 Å². The summed E-state index contributed by atoms with van der Waals surface area (Å²) in [4.78, 5) is 10.3. The van der Waals surface area contributed by atoms with E-state index in [9.17, 15) is 4.79 Å². The van der Waals surface area contributed by atoms with Gasteiger partial charge in [-0.1, -0.05) is 13.0 Å². The van der Waals surface area contributed by atoms with Crippen molar-refractivity contribution in [1.29, 1.82) is 0 Å². The van der Waals surface area contributed by atoms with Crippen LogP contribution in [0.25, 0.3) is 0 Å². The molecule has 0 amide bonds. The topological polar surface area (TPSA) is 26.3 Å². The van der Waals surface area contributed by atoms with E-state index in [0.717, 1.165) is 31.1 Å². The quantitative estimate of drug-likeness (QED) is 0.468. The summed E-state index contributed by atoms with van der Waals surface area (Å²) in [5.74, 6) is 0. The van der Waals surface area contributed by atoms with Gasteiger partial charge in [0.05, 0.1) is 5.60 Å². The minimum Gasteiger partial charge on any atom is -0.379 e. The van der Waals surface area contributed by atoms with E-state index in [-0.39, 0.29) is 5.60 Å². The maximum Gasteiger partial charge on any atom is 0.145 e. The number of hydrogen-bond acceptors (Lipinski definition) is 2. The summed E-state index contributed by atoms with van der Waals surface area (Å²) in [6, 6.07) is 0. The molecule has 0 aromatic rings. The molecule has 1 atom stereocenters. The molecule has 0 radical (unpaired) electrons. The molecule has 0 N–H and O–H groups in total. The van der Waals surface area contributed by atoms with Crippen molar-refractivity contribution in [3.05, 3.63) is 11.6 Å². The van der Waals surface area contributed by atoms with E-state index in [4.69, 9.17) is 4.74 Å². The van der Waals surface area contributed by atoms with Crippen molar-refractivity contribution >= 4 is 6.29 Å². The van der Waals surface area contributed by atoms with Gasteiger partial charge in [0.15, 0.2) is 0 Å². The van der Waals surface area contributed by atoms with Gasteiger partial charge in [0.25, 0.3) is 0 Å². The van der Waals surface area contributed by atoms with Gasteiger partial charge in [-0.15, -0.1) is 0 Å². The van der Waals surface area contributed by atoms with E-state index in [1.807, 2.05) is 13.0 Å². The highest BCUT2D eigenvalue weighted by Gasteiger charge is 2.19. The van der Waals surface area contributed by atoms with Crippen LogP contribution in [0.1, 0.15) is 40.0 Å². The minimum atomic E-state index is -0.0420. The second-order valence-electron chi connectivity index (χ2n) is 3.61. The van der Waals surface area contributed by atoms with Gasteiger partial charge in [-0.2, -0.15) is 0 Å². The fourth-order valence-corrected chi connectivity index (χ4v) is 1.08. The van der Waals surface area contributed by atoms with Crippen LogP contribution in [0.4, 0.5) is 0 Å². The predicted molar refractivity (Wildman–Crippen MR) is 54.8 cm³/mol. The summed E-state index contributed by atoms with van der Waals surface area (Å²) in [5.41, 5.74) is 0.759. The molecule has 0 spiro atoms. The molecule has 2 heteroatoms. The summed E-state index contributed by atoms with van der Waals surface area (Å²) < 4.78 is 5.38. The zero-order chi connectivity index (χ0) is 10.3. The van der Waals surface area contributed by atoms with Gasteiger partial charge in [0.2, 0.25) is 0 Å². The summed E-state index contributed by atoms with van der Waals surface area (Å²) in [6.45, 7) is 6.03. The van der Waals surface area contributed by atoms with Crippen LogP contribution < -0.4 is 0 Å². The first kappa shape index (κ1) is 12.4. The standard InChI is InChI=1S/C11H20O2/c1-5-11(3,13-4)8-6-7-10(2)9-12/h7,9H,5-6,8H2,1-4H3/b10-7+. The zero-order valence-corrected chi connectivity index (χ0v) is 9.09. The van der Waals surface area contributed by atoms with Crippen molar-refractivity contribution in [2.45, 2.75) is 45.6 Å². The highest BCUT2D eigenvalue weighted by molar-refractivity contribution is 5.71. The fourth-order valence-electron chi connectivity index (χ4n) is 1.08. The molecule has 0 heterocycles. The molecular formula is C11H20O2.